The zero-order valence-corrected chi connectivity index (χ0v) is 8.22. The third-order valence-electron chi connectivity index (χ3n) is 1.61. The van der Waals surface area contributed by atoms with Crippen LogP contribution in [0.15, 0.2) is 18.2 Å². The second kappa shape index (κ2) is 4.41. The Hall–Kier alpha value is -2.11. The van der Waals surface area contributed by atoms with Gasteiger partial charge in [-0.1, -0.05) is 0 Å². The predicted octanol–water partition coefficient (Wildman–Crippen LogP) is 1.53. The highest BCUT2D eigenvalue weighted by molar-refractivity contribution is 5.71. The van der Waals surface area contributed by atoms with Crippen LogP contribution in [0.4, 0.5) is 5.69 Å². The highest BCUT2D eigenvalue weighted by Gasteiger charge is 2.13. The van der Waals surface area contributed by atoms with Gasteiger partial charge < -0.3 is 9.47 Å². The summed E-state index contributed by atoms with van der Waals surface area (Å²) in [6.45, 7) is 1.21. The third-order valence-corrected chi connectivity index (χ3v) is 1.61. The number of hydrogen-bond donors (Lipinski definition) is 0. The lowest BCUT2D eigenvalue weighted by Crippen LogP contribution is -2.03. The van der Waals surface area contributed by atoms with Crippen molar-refractivity contribution in [2.75, 3.05) is 7.11 Å². The Labute approximate surface area is 85.6 Å². The number of carbonyl (C=O) groups is 1. The molecule has 0 spiro atoms. The average molecular weight is 211 g/mol. The molecule has 0 saturated carbocycles. The Morgan fingerprint density at radius 3 is 2.53 bits per heavy atom. The van der Waals surface area contributed by atoms with Crippen molar-refractivity contribution >= 4 is 11.7 Å². The third kappa shape index (κ3) is 2.67. The van der Waals surface area contributed by atoms with Crippen molar-refractivity contribution in [1.29, 1.82) is 0 Å². The highest BCUT2D eigenvalue weighted by atomic mass is 16.6. The average Bonchev–Trinajstić information content (AvgIpc) is 2.16. The van der Waals surface area contributed by atoms with Gasteiger partial charge in [0.05, 0.1) is 18.1 Å². The lowest BCUT2D eigenvalue weighted by Gasteiger charge is -2.06. The van der Waals surface area contributed by atoms with E-state index in [1.54, 1.807) is 0 Å². The first-order chi connectivity index (χ1) is 7.04. The number of hydrogen-bond acceptors (Lipinski definition) is 5. The molecule has 0 radical (unpaired) electrons. The van der Waals surface area contributed by atoms with Crippen molar-refractivity contribution < 1.29 is 19.2 Å². The molecule has 15 heavy (non-hydrogen) atoms. The monoisotopic (exact) mass is 211 g/mol. The topological polar surface area (TPSA) is 78.7 Å². The van der Waals surface area contributed by atoms with Gasteiger partial charge in [0, 0.05) is 13.0 Å². The second-order valence-corrected chi connectivity index (χ2v) is 2.69. The van der Waals surface area contributed by atoms with Crippen LogP contribution >= 0.6 is 0 Å². The SMILES string of the molecule is COc1ccc([N+](=O)[O-])cc1OC(C)=O. The summed E-state index contributed by atoms with van der Waals surface area (Å²) in [4.78, 5) is 20.6. The van der Waals surface area contributed by atoms with Crippen LogP contribution in [0, 0.1) is 10.1 Å². The van der Waals surface area contributed by atoms with Crippen LogP contribution in [0.1, 0.15) is 6.92 Å². The molecule has 0 amide bonds. The summed E-state index contributed by atoms with van der Waals surface area (Å²) in [6.07, 6.45) is 0. The number of methoxy groups -OCH3 is 1. The van der Waals surface area contributed by atoms with E-state index in [0.717, 1.165) is 6.07 Å². The standard InChI is InChI=1S/C9H9NO5/c1-6(11)15-9-5-7(10(12)13)3-4-8(9)14-2/h3-5H,1-2H3. The van der Waals surface area contributed by atoms with Gasteiger partial charge in [-0.2, -0.15) is 0 Å². The summed E-state index contributed by atoms with van der Waals surface area (Å²) in [5.74, 6) is -0.246. The molecule has 80 valence electrons. The number of esters is 1. The van der Waals surface area contributed by atoms with Crippen molar-refractivity contribution in [3.05, 3.63) is 28.3 Å². The van der Waals surface area contributed by atoms with Gasteiger partial charge in [0.15, 0.2) is 11.5 Å². The van der Waals surface area contributed by atoms with Gasteiger partial charge in [0.2, 0.25) is 0 Å². The Morgan fingerprint density at radius 1 is 1.40 bits per heavy atom. The molecule has 0 aliphatic heterocycles. The Balaban J connectivity index is 3.12. The molecule has 0 aliphatic rings. The van der Waals surface area contributed by atoms with Crippen LogP contribution < -0.4 is 9.47 Å². The van der Waals surface area contributed by atoms with Gasteiger partial charge >= 0.3 is 5.97 Å². The van der Waals surface area contributed by atoms with E-state index < -0.39 is 10.9 Å². The number of benzene rings is 1. The Kier molecular flexibility index (Phi) is 3.22. The van der Waals surface area contributed by atoms with Crippen LogP contribution in [-0.4, -0.2) is 18.0 Å². The fourth-order valence-corrected chi connectivity index (χ4v) is 1.01. The summed E-state index contributed by atoms with van der Waals surface area (Å²) >= 11 is 0. The minimum absolute atomic E-state index is 0.0409. The van der Waals surface area contributed by atoms with E-state index in [1.165, 1.54) is 26.2 Å². The fourth-order valence-electron chi connectivity index (χ4n) is 1.01. The van der Waals surface area contributed by atoms with E-state index in [-0.39, 0.29) is 17.2 Å². The maximum Gasteiger partial charge on any atom is 0.308 e. The molecule has 6 nitrogen and oxygen atoms in total. The van der Waals surface area contributed by atoms with Crippen molar-refractivity contribution in [3.8, 4) is 11.5 Å². The summed E-state index contributed by atoms with van der Waals surface area (Å²) in [7, 11) is 1.38. The van der Waals surface area contributed by atoms with Gasteiger partial charge in [0.25, 0.3) is 5.69 Å². The minimum Gasteiger partial charge on any atom is -0.493 e. The first-order valence-corrected chi connectivity index (χ1v) is 4.05. The maximum absolute atomic E-state index is 10.7. The van der Waals surface area contributed by atoms with E-state index in [4.69, 9.17) is 9.47 Å². The lowest BCUT2D eigenvalue weighted by atomic mass is 10.3. The molecule has 0 bridgehead atoms. The normalized spacial score (nSPS) is 9.47. The molecule has 1 rings (SSSR count). The van der Waals surface area contributed by atoms with Crippen LogP contribution in [-0.2, 0) is 4.79 Å². The zero-order chi connectivity index (χ0) is 11.4. The zero-order valence-electron chi connectivity index (χ0n) is 8.22. The molecule has 1 aromatic rings. The second-order valence-electron chi connectivity index (χ2n) is 2.69. The molecule has 0 unspecified atom stereocenters. The highest BCUT2D eigenvalue weighted by Crippen LogP contribution is 2.31. The molecular weight excluding hydrogens is 202 g/mol. The number of nitro benzene ring substituents is 1. The first kappa shape index (κ1) is 11.0. The molecule has 1 aromatic carbocycles. The van der Waals surface area contributed by atoms with Gasteiger partial charge in [-0.25, -0.2) is 0 Å². The molecule has 0 saturated heterocycles. The van der Waals surface area contributed by atoms with Crippen molar-refractivity contribution in [3.63, 3.8) is 0 Å². The van der Waals surface area contributed by atoms with E-state index in [1.807, 2.05) is 0 Å². The summed E-state index contributed by atoms with van der Waals surface area (Å²) in [5, 5.41) is 10.5. The predicted molar refractivity (Wildman–Crippen MR) is 51.0 cm³/mol. The summed E-state index contributed by atoms with van der Waals surface area (Å²) in [6, 6.07) is 3.78. The van der Waals surface area contributed by atoms with Crippen LogP contribution in [0.2, 0.25) is 0 Å². The van der Waals surface area contributed by atoms with Crippen molar-refractivity contribution in [1.82, 2.24) is 0 Å². The fraction of sp³-hybridized carbons (Fsp3) is 0.222. The molecule has 0 aromatic heterocycles. The van der Waals surface area contributed by atoms with Gasteiger partial charge in [-0.3, -0.25) is 14.9 Å². The lowest BCUT2D eigenvalue weighted by molar-refractivity contribution is -0.384. The molecule has 0 N–H and O–H groups in total. The van der Waals surface area contributed by atoms with E-state index in [2.05, 4.69) is 0 Å². The number of non-ortho nitro benzene ring substituents is 1. The Bertz CT molecular complexity index is 401. The van der Waals surface area contributed by atoms with Crippen LogP contribution in [0.25, 0.3) is 0 Å². The maximum atomic E-state index is 10.7. The van der Waals surface area contributed by atoms with E-state index >= 15 is 0 Å². The molecule has 0 aliphatic carbocycles. The quantitative estimate of drug-likeness (QED) is 0.328. The van der Waals surface area contributed by atoms with Crippen LogP contribution in [0.5, 0.6) is 11.5 Å². The Morgan fingerprint density at radius 2 is 2.07 bits per heavy atom. The summed E-state index contributed by atoms with van der Waals surface area (Å²) in [5.41, 5.74) is -0.160. The minimum atomic E-state index is -0.577. The number of rotatable bonds is 3. The molecule has 0 fully saturated rings. The van der Waals surface area contributed by atoms with Crippen molar-refractivity contribution in [2.24, 2.45) is 0 Å². The van der Waals surface area contributed by atoms with E-state index in [9.17, 15) is 14.9 Å². The number of carbonyl (C=O) groups excluding carboxylic acids is 1. The molecule has 0 atom stereocenters. The smallest absolute Gasteiger partial charge is 0.308 e. The van der Waals surface area contributed by atoms with Gasteiger partial charge in [0.1, 0.15) is 0 Å². The van der Waals surface area contributed by atoms with Crippen LogP contribution in [0.3, 0.4) is 0 Å². The van der Waals surface area contributed by atoms with Gasteiger partial charge in [-0.15, -0.1) is 0 Å². The number of nitro groups is 1. The number of ether oxygens (including phenoxy) is 2. The summed E-state index contributed by atoms with van der Waals surface area (Å²) < 4.78 is 9.64. The number of nitrogens with zero attached hydrogens (tertiary/aromatic N) is 1. The molecule has 0 heterocycles. The van der Waals surface area contributed by atoms with E-state index in [0.29, 0.717) is 0 Å². The van der Waals surface area contributed by atoms with Crippen molar-refractivity contribution in [2.45, 2.75) is 6.92 Å². The molecule has 6 heteroatoms. The first-order valence-electron chi connectivity index (χ1n) is 4.05. The van der Waals surface area contributed by atoms with Gasteiger partial charge in [-0.05, 0) is 6.07 Å². The molecular formula is C9H9NO5. The largest absolute Gasteiger partial charge is 0.493 e.